The lowest BCUT2D eigenvalue weighted by molar-refractivity contribution is -0.138. The summed E-state index contributed by atoms with van der Waals surface area (Å²) in [5, 5.41) is 11.9. The summed E-state index contributed by atoms with van der Waals surface area (Å²) in [5.41, 5.74) is 1.57. The number of amides is 1. The van der Waals surface area contributed by atoms with E-state index >= 15 is 0 Å². The van der Waals surface area contributed by atoms with Crippen molar-refractivity contribution in [1.82, 2.24) is 25.0 Å². The molecule has 1 N–H and O–H groups in total. The van der Waals surface area contributed by atoms with E-state index < -0.39 is 11.7 Å². The summed E-state index contributed by atoms with van der Waals surface area (Å²) in [4.78, 5) is 17.5. The van der Waals surface area contributed by atoms with Gasteiger partial charge in [-0.3, -0.25) is 9.69 Å². The fourth-order valence-corrected chi connectivity index (χ4v) is 7.86. The highest BCUT2D eigenvalue weighted by atomic mass is 19.4. The second-order valence-corrected chi connectivity index (χ2v) is 12.9. The molecule has 0 unspecified atom stereocenters. The van der Waals surface area contributed by atoms with E-state index in [2.05, 4.69) is 27.3 Å². The van der Waals surface area contributed by atoms with Crippen LogP contribution in [0, 0.1) is 11.3 Å². The van der Waals surface area contributed by atoms with Gasteiger partial charge >= 0.3 is 6.18 Å². The summed E-state index contributed by atoms with van der Waals surface area (Å²) in [7, 11) is 1.92. The molecule has 1 atom stereocenters. The van der Waals surface area contributed by atoms with E-state index in [0.717, 1.165) is 56.8 Å². The van der Waals surface area contributed by atoms with Crippen molar-refractivity contribution in [2.24, 2.45) is 18.4 Å². The first-order chi connectivity index (χ1) is 19.5. The highest BCUT2D eigenvalue weighted by Gasteiger charge is 2.49. The minimum Gasteiger partial charge on any atom is -0.320 e. The molecule has 7 rings (SSSR count). The van der Waals surface area contributed by atoms with Gasteiger partial charge < -0.3 is 14.8 Å². The third-order valence-electron chi connectivity index (χ3n) is 10.1. The molecule has 7 nitrogen and oxygen atoms in total. The third-order valence-corrected chi connectivity index (χ3v) is 10.1. The van der Waals surface area contributed by atoms with Crippen LogP contribution in [-0.4, -0.2) is 51.8 Å². The summed E-state index contributed by atoms with van der Waals surface area (Å²) in [6, 6.07) is 10.4. The maximum absolute atomic E-state index is 14.4. The molecular weight excluding hydrogens is 529 g/mol. The van der Waals surface area contributed by atoms with Gasteiger partial charge in [-0.15, -0.1) is 10.2 Å². The Morgan fingerprint density at radius 3 is 2.56 bits per heavy atom. The van der Waals surface area contributed by atoms with Gasteiger partial charge in [0, 0.05) is 49.4 Å². The van der Waals surface area contributed by atoms with Gasteiger partial charge in [-0.25, -0.2) is 0 Å². The van der Waals surface area contributed by atoms with Crippen LogP contribution in [0.15, 0.2) is 42.7 Å². The van der Waals surface area contributed by atoms with Gasteiger partial charge in [-0.2, -0.15) is 13.2 Å². The average molecular weight is 565 g/mol. The molecule has 3 fully saturated rings. The number of benzene rings is 2. The van der Waals surface area contributed by atoms with E-state index in [1.165, 1.54) is 11.0 Å². The summed E-state index contributed by atoms with van der Waals surface area (Å²) < 4.78 is 45.2. The number of alkyl halides is 3. The number of nitrogens with zero attached hydrogens (tertiary/aromatic N) is 5. The van der Waals surface area contributed by atoms with Crippen LogP contribution in [0.5, 0.6) is 0 Å². The fourth-order valence-electron chi connectivity index (χ4n) is 7.86. The Morgan fingerprint density at radius 1 is 1.15 bits per heavy atom. The number of likely N-dealkylation sites (tertiary alicyclic amines) is 1. The largest absolute Gasteiger partial charge is 0.416 e. The van der Waals surface area contributed by atoms with Gasteiger partial charge in [0.05, 0.1) is 17.5 Å². The molecule has 1 aliphatic carbocycles. The molecule has 216 valence electrons. The van der Waals surface area contributed by atoms with Crippen LogP contribution in [0.2, 0.25) is 0 Å². The van der Waals surface area contributed by atoms with Gasteiger partial charge in [-0.05, 0) is 79.6 Å². The predicted octanol–water partition coefficient (Wildman–Crippen LogP) is 5.07. The smallest absolute Gasteiger partial charge is 0.320 e. The van der Waals surface area contributed by atoms with Crippen molar-refractivity contribution in [1.29, 1.82) is 0 Å². The molecule has 41 heavy (non-hydrogen) atoms. The van der Waals surface area contributed by atoms with Crippen molar-refractivity contribution in [3.05, 3.63) is 76.4 Å². The highest BCUT2D eigenvalue weighted by Crippen LogP contribution is 2.52. The number of hydrogen-bond donors (Lipinski definition) is 1. The lowest BCUT2D eigenvalue weighted by Gasteiger charge is -2.51. The molecule has 0 bridgehead atoms. The highest BCUT2D eigenvalue weighted by molar-refractivity contribution is 6.10. The molecule has 4 heterocycles. The molecule has 10 heteroatoms. The molecular formula is C31H35F3N6O. The Balaban J connectivity index is 1.22. The average Bonchev–Trinajstić information content (AvgIpc) is 3.64. The Morgan fingerprint density at radius 2 is 1.93 bits per heavy atom. The van der Waals surface area contributed by atoms with E-state index in [0.29, 0.717) is 17.2 Å². The van der Waals surface area contributed by atoms with Crippen LogP contribution in [0.1, 0.15) is 77.6 Å². The minimum absolute atomic E-state index is 0.0595. The fraction of sp³-hybridized carbons (Fsp3) is 0.516. The zero-order chi connectivity index (χ0) is 28.7. The van der Waals surface area contributed by atoms with Crippen LogP contribution in [0.3, 0.4) is 0 Å². The quantitative estimate of drug-likeness (QED) is 0.469. The van der Waals surface area contributed by atoms with Gasteiger partial charge in [0.25, 0.3) is 5.91 Å². The Hall–Kier alpha value is -3.24. The molecule has 1 spiro atoms. The van der Waals surface area contributed by atoms with Crippen molar-refractivity contribution >= 4 is 11.6 Å². The number of anilines is 1. The molecule has 3 aliphatic heterocycles. The second-order valence-electron chi connectivity index (χ2n) is 12.9. The van der Waals surface area contributed by atoms with Gasteiger partial charge in [0.2, 0.25) is 0 Å². The van der Waals surface area contributed by atoms with Crippen molar-refractivity contribution in [2.75, 3.05) is 31.1 Å². The van der Waals surface area contributed by atoms with Crippen LogP contribution >= 0.6 is 0 Å². The number of fused-ring (bicyclic) bond motifs is 1. The number of aryl methyl sites for hydroxylation is 1. The monoisotopic (exact) mass is 564 g/mol. The first kappa shape index (κ1) is 26.6. The van der Waals surface area contributed by atoms with Crippen LogP contribution in [0.25, 0.3) is 0 Å². The summed E-state index contributed by atoms with van der Waals surface area (Å²) in [6.45, 7) is 7.70. The zero-order valence-corrected chi connectivity index (χ0v) is 23.6. The van der Waals surface area contributed by atoms with Gasteiger partial charge in [0.1, 0.15) is 12.2 Å². The van der Waals surface area contributed by atoms with Crippen molar-refractivity contribution in [2.45, 2.75) is 57.3 Å². The Bertz CT molecular complexity index is 1510. The number of rotatable bonds is 5. The van der Waals surface area contributed by atoms with Crippen LogP contribution in [-0.2, 0) is 25.2 Å². The van der Waals surface area contributed by atoms with E-state index in [1.807, 2.05) is 42.8 Å². The summed E-state index contributed by atoms with van der Waals surface area (Å²) >= 11 is 0. The normalized spacial score (nSPS) is 26.2. The van der Waals surface area contributed by atoms with Gasteiger partial charge in [0.15, 0.2) is 0 Å². The standard InChI is InChI=1S/C31H35F3N6O/c1-19-12-30(13-19,28-37-36-18-38(28)3)22-5-4-6-23(11-22)40-14-25-24(27(40)41)9-21(10-26(25)31(32,33)34)20(2)39-16-29(17-39)7-8-35-15-29/h4-6,9-11,18-20,35H,7-8,12-17H2,1-3H3/t19?,20-,30?/m1/s1. The lowest BCUT2D eigenvalue weighted by atomic mass is 9.58. The molecule has 2 aromatic carbocycles. The first-order valence-electron chi connectivity index (χ1n) is 14.5. The number of aromatic nitrogens is 3. The molecule has 1 aromatic heterocycles. The number of carbonyl (C=O) groups excluding carboxylic acids is 1. The third kappa shape index (κ3) is 4.13. The van der Waals surface area contributed by atoms with Crippen LogP contribution < -0.4 is 10.2 Å². The van der Waals surface area contributed by atoms with Crippen molar-refractivity contribution < 1.29 is 18.0 Å². The first-order valence-corrected chi connectivity index (χ1v) is 14.5. The summed E-state index contributed by atoms with van der Waals surface area (Å²) in [6.07, 6.45) is 0.0137. The number of halogens is 3. The Labute approximate surface area is 237 Å². The molecule has 1 saturated carbocycles. The zero-order valence-electron chi connectivity index (χ0n) is 23.6. The topological polar surface area (TPSA) is 66.3 Å². The van der Waals surface area contributed by atoms with E-state index in [9.17, 15) is 18.0 Å². The molecule has 2 saturated heterocycles. The molecule has 1 amide bonds. The molecule has 3 aromatic rings. The number of hydrogen-bond acceptors (Lipinski definition) is 5. The van der Waals surface area contributed by atoms with E-state index in [1.54, 1.807) is 12.4 Å². The predicted molar refractivity (Wildman–Crippen MR) is 148 cm³/mol. The van der Waals surface area contributed by atoms with Crippen molar-refractivity contribution in [3.8, 4) is 0 Å². The minimum atomic E-state index is -4.55. The van der Waals surface area contributed by atoms with E-state index in [-0.39, 0.29) is 40.5 Å². The number of carbonyl (C=O) groups is 1. The maximum atomic E-state index is 14.4. The second kappa shape index (κ2) is 9.13. The van der Waals surface area contributed by atoms with Crippen LogP contribution in [0.4, 0.5) is 18.9 Å². The number of nitrogens with one attached hydrogen (secondary N) is 1. The SMILES string of the molecule is CC1CC(c2cccc(N3Cc4c(cc([C@@H](C)N5CC6(CCNC6)C5)cc4C(F)(F)F)C3=O)c2)(c2nncn2C)C1. The van der Waals surface area contributed by atoms with E-state index in [4.69, 9.17) is 0 Å². The molecule has 0 radical (unpaired) electrons. The Kier molecular flexibility index (Phi) is 5.93. The maximum Gasteiger partial charge on any atom is 0.416 e. The van der Waals surface area contributed by atoms with Crippen molar-refractivity contribution in [3.63, 3.8) is 0 Å². The summed E-state index contributed by atoms with van der Waals surface area (Å²) in [5.74, 6) is 0.989. The molecule has 4 aliphatic rings. The lowest BCUT2D eigenvalue weighted by Crippen LogP contribution is -2.57. The van der Waals surface area contributed by atoms with Gasteiger partial charge in [-0.1, -0.05) is 19.1 Å².